The van der Waals surface area contributed by atoms with Crippen LogP contribution in [0.25, 0.3) is 0 Å². The molecule has 25 heavy (non-hydrogen) atoms. The van der Waals surface area contributed by atoms with Gasteiger partial charge in [0.05, 0.1) is 22.2 Å². The molecule has 1 aliphatic rings. The van der Waals surface area contributed by atoms with Gasteiger partial charge in [-0.1, -0.05) is 11.6 Å². The van der Waals surface area contributed by atoms with Crippen molar-refractivity contribution in [1.29, 1.82) is 0 Å². The van der Waals surface area contributed by atoms with E-state index in [4.69, 9.17) is 16.2 Å². The van der Waals surface area contributed by atoms with Crippen molar-refractivity contribution < 1.29 is 17.8 Å². The molecule has 1 amide bonds. The van der Waals surface area contributed by atoms with Gasteiger partial charge in [0.2, 0.25) is 0 Å². The molecule has 3 rings (SSSR count). The highest BCUT2D eigenvalue weighted by molar-refractivity contribution is 7.85. The molecule has 0 bridgehead atoms. The Morgan fingerprint density at radius 1 is 1.12 bits per heavy atom. The number of hydrogen-bond donors (Lipinski definition) is 2. The van der Waals surface area contributed by atoms with Gasteiger partial charge in [0.25, 0.3) is 16.0 Å². The number of hydrogen-bond acceptors (Lipinski definition) is 4. The quantitative estimate of drug-likeness (QED) is 0.799. The lowest BCUT2D eigenvalue weighted by atomic mass is 10.1. The summed E-state index contributed by atoms with van der Waals surface area (Å²) in [4.78, 5) is 16.5. The average molecular weight is 380 g/mol. The Kier molecular flexibility index (Phi) is 4.51. The van der Waals surface area contributed by atoms with Crippen molar-refractivity contribution in [1.82, 2.24) is 5.43 Å². The second-order valence-electron chi connectivity index (χ2n) is 5.45. The lowest BCUT2D eigenvalue weighted by Gasteiger charge is -2.15. The largest absolute Gasteiger partial charge is 0.294 e. The molecule has 7 nitrogen and oxygen atoms in total. The van der Waals surface area contributed by atoms with E-state index in [1.165, 1.54) is 29.3 Å². The second kappa shape index (κ2) is 6.47. The van der Waals surface area contributed by atoms with Crippen LogP contribution in [-0.2, 0) is 14.9 Å². The number of carbonyl (C=O) groups excluding carboxylic acids is 1. The number of aliphatic imine (C=N–C) groups is 1. The van der Waals surface area contributed by atoms with E-state index in [1.807, 2.05) is 0 Å². The molecule has 0 aromatic heterocycles. The summed E-state index contributed by atoms with van der Waals surface area (Å²) in [7, 11) is -4.25. The molecule has 0 radical (unpaired) electrons. The van der Waals surface area contributed by atoms with Crippen LogP contribution in [0.15, 0.2) is 58.4 Å². The standard InChI is InChI=1S/C16H14ClN3O4S/c1-10-15(18-12-4-8-14(9-5-12)25(22,23)24)19-20(16(10)21)13-6-2-11(17)3-7-13/h2-10H,1H3,(H,18,19)(H,22,23,24). The van der Waals surface area contributed by atoms with Gasteiger partial charge in [-0.15, -0.1) is 0 Å². The fourth-order valence-corrected chi connectivity index (χ4v) is 2.92. The zero-order valence-electron chi connectivity index (χ0n) is 13.0. The maximum absolute atomic E-state index is 12.4. The van der Waals surface area contributed by atoms with Crippen molar-refractivity contribution in [3.05, 3.63) is 53.6 Å². The number of nitrogens with one attached hydrogen (secondary N) is 1. The summed E-state index contributed by atoms with van der Waals surface area (Å²) < 4.78 is 31.1. The van der Waals surface area contributed by atoms with Gasteiger partial charge in [-0.25, -0.2) is 10.0 Å². The number of carbonyl (C=O) groups is 1. The molecule has 1 fully saturated rings. The number of benzene rings is 2. The maximum Gasteiger partial charge on any atom is 0.294 e. The smallest absolute Gasteiger partial charge is 0.282 e. The van der Waals surface area contributed by atoms with E-state index in [1.54, 1.807) is 31.2 Å². The number of hydrazine groups is 1. The van der Waals surface area contributed by atoms with Gasteiger partial charge in [-0.2, -0.15) is 8.42 Å². The highest BCUT2D eigenvalue weighted by Crippen LogP contribution is 2.24. The molecule has 2 aromatic rings. The first-order valence-corrected chi connectivity index (χ1v) is 9.10. The van der Waals surface area contributed by atoms with Crippen molar-refractivity contribution in [3.63, 3.8) is 0 Å². The third-order valence-electron chi connectivity index (χ3n) is 3.70. The second-order valence-corrected chi connectivity index (χ2v) is 7.31. The van der Waals surface area contributed by atoms with Gasteiger partial charge < -0.3 is 0 Å². The molecule has 9 heteroatoms. The van der Waals surface area contributed by atoms with Crippen LogP contribution in [0.4, 0.5) is 11.4 Å². The Hall–Kier alpha value is -2.42. The molecular weight excluding hydrogens is 366 g/mol. The Bertz CT molecular complexity index is 940. The van der Waals surface area contributed by atoms with Gasteiger partial charge >= 0.3 is 0 Å². The normalized spacial score (nSPS) is 19.3. The van der Waals surface area contributed by atoms with Crippen LogP contribution in [0.5, 0.6) is 0 Å². The van der Waals surface area contributed by atoms with E-state index in [2.05, 4.69) is 10.4 Å². The van der Waals surface area contributed by atoms with E-state index in [-0.39, 0.29) is 10.8 Å². The van der Waals surface area contributed by atoms with E-state index < -0.39 is 16.0 Å². The summed E-state index contributed by atoms with van der Waals surface area (Å²) in [6.45, 7) is 1.72. The molecule has 0 spiro atoms. The van der Waals surface area contributed by atoms with Crippen molar-refractivity contribution in [2.45, 2.75) is 11.8 Å². The van der Waals surface area contributed by atoms with Crippen LogP contribution < -0.4 is 10.4 Å². The number of amides is 1. The molecule has 1 atom stereocenters. The minimum Gasteiger partial charge on any atom is -0.282 e. The number of nitrogens with zero attached hydrogens (tertiary/aromatic N) is 2. The summed E-state index contributed by atoms with van der Waals surface area (Å²) in [5, 5.41) is 1.95. The minimum atomic E-state index is -4.25. The van der Waals surface area contributed by atoms with E-state index >= 15 is 0 Å². The van der Waals surface area contributed by atoms with Crippen molar-refractivity contribution in [3.8, 4) is 0 Å². The number of anilines is 1. The van der Waals surface area contributed by atoms with Crippen LogP contribution in [0, 0.1) is 5.92 Å². The van der Waals surface area contributed by atoms with Crippen LogP contribution in [0.3, 0.4) is 0 Å². The van der Waals surface area contributed by atoms with Crippen LogP contribution >= 0.6 is 11.6 Å². The van der Waals surface area contributed by atoms with Crippen LogP contribution in [-0.4, -0.2) is 24.7 Å². The minimum absolute atomic E-state index is 0.171. The molecule has 2 aromatic carbocycles. The van der Waals surface area contributed by atoms with Gasteiger partial charge in [-0.05, 0) is 55.5 Å². The van der Waals surface area contributed by atoms with E-state index in [0.29, 0.717) is 22.2 Å². The third kappa shape index (κ3) is 3.65. The summed E-state index contributed by atoms with van der Waals surface area (Å²) in [6.07, 6.45) is 0. The Labute approximate surface area is 149 Å². The Morgan fingerprint density at radius 2 is 1.72 bits per heavy atom. The summed E-state index contributed by atoms with van der Waals surface area (Å²) in [5.41, 5.74) is 4.03. The zero-order chi connectivity index (χ0) is 18.2. The number of amidine groups is 1. The highest BCUT2D eigenvalue weighted by Gasteiger charge is 2.34. The Balaban J connectivity index is 1.86. The molecule has 0 saturated carbocycles. The molecule has 130 valence electrons. The molecular formula is C16H14ClN3O4S. The molecule has 2 N–H and O–H groups in total. The molecule has 1 saturated heterocycles. The summed E-state index contributed by atoms with van der Waals surface area (Å²) in [6, 6.07) is 12.2. The first-order chi connectivity index (χ1) is 11.8. The molecule has 0 aliphatic carbocycles. The predicted molar refractivity (Wildman–Crippen MR) is 94.6 cm³/mol. The Morgan fingerprint density at radius 3 is 2.28 bits per heavy atom. The topological polar surface area (TPSA) is 99.1 Å². The predicted octanol–water partition coefficient (Wildman–Crippen LogP) is 2.80. The monoisotopic (exact) mass is 379 g/mol. The molecule has 1 unspecified atom stereocenters. The van der Waals surface area contributed by atoms with E-state index in [9.17, 15) is 13.2 Å². The molecule has 1 heterocycles. The molecule has 1 aliphatic heterocycles. The fourth-order valence-electron chi connectivity index (χ4n) is 2.31. The lowest BCUT2D eigenvalue weighted by molar-refractivity contribution is -0.119. The van der Waals surface area contributed by atoms with Crippen molar-refractivity contribution in [2.75, 3.05) is 5.01 Å². The first kappa shape index (κ1) is 17.4. The van der Waals surface area contributed by atoms with Gasteiger partial charge in [-0.3, -0.25) is 14.8 Å². The van der Waals surface area contributed by atoms with Crippen LogP contribution in [0.2, 0.25) is 5.02 Å². The average Bonchev–Trinajstić information content (AvgIpc) is 2.84. The third-order valence-corrected chi connectivity index (χ3v) is 4.82. The maximum atomic E-state index is 12.4. The van der Waals surface area contributed by atoms with Crippen molar-refractivity contribution in [2.24, 2.45) is 10.9 Å². The highest BCUT2D eigenvalue weighted by atomic mass is 35.5. The number of rotatable bonds is 3. The van der Waals surface area contributed by atoms with Gasteiger partial charge in [0.1, 0.15) is 5.84 Å². The zero-order valence-corrected chi connectivity index (χ0v) is 14.6. The first-order valence-electron chi connectivity index (χ1n) is 7.28. The summed E-state index contributed by atoms with van der Waals surface area (Å²) >= 11 is 5.86. The number of halogens is 1. The summed E-state index contributed by atoms with van der Waals surface area (Å²) in [5.74, 6) is -0.230. The lowest BCUT2D eigenvalue weighted by Crippen LogP contribution is -2.35. The fraction of sp³-hybridized carbons (Fsp3) is 0.125. The van der Waals surface area contributed by atoms with Crippen molar-refractivity contribution >= 4 is 44.8 Å². The van der Waals surface area contributed by atoms with E-state index in [0.717, 1.165) is 0 Å². The SMILES string of the molecule is CC1C(=O)N(c2ccc(Cl)cc2)NC1=Nc1ccc(S(=O)(=O)O)cc1. The van der Waals surface area contributed by atoms with Gasteiger partial charge in [0.15, 0.2) is 0 Å². The van der Waals surface area contributed by atoms with Crippen LogP contribution in [0.1, 0.15) is 6.92 Å². The van der Waals surface area contributed by atoms with Gasteiger partial charge in [0, 0.05) is 5.02 Å².